The molecule has 0 aliphatic rings. The summed E-state index contributed by atoms with van der Waals surface area (Å²) in [7, 11) is 1.69. The summed E-state index contributed by atoms with van der Waals surface area (Å²) < 4.78 is 13.5. The van der Waals surface area contributed by atoms with Crippen molar-refractivity contribution >= 4 is 29.1 Å². The van der Waals surface area contributed by atoms with Crippen LogP contribution in [-0.4, -0.2) is 27.6 Å². The van der Waals surface area contributed by atoms with Crippen molar-refractivity contribution in [3.8, 4) is 5.75 Å². The minimum Gasteiger partial charge on any atom is -0.485 e. The van der Waals surface area contributed by atoms with Crippen molar-refractivity contribution in [2.75, 3.05) is 7.05 Å². The van der Waals surface area contributed by atoms with Crippen LogP contribution < -0.4 is 4.74 Å². The molecule has 2 aromatic heterocycles. The summed E-state index contributed by atoms with van der Waals surface area (Å²) in [5.41, 5.74) is 2.62. The topological polar surface area (TPSA) is 60.5 Å². The molecule has 0 saturated carbocycles. The summed E-state index contributed by atoms with van der Waals surface area (Å²) in [6.07, 6.45) is 1.75. The van der Waals surface area contributed by atoms with Crippen LogP contribution in [0.15, 0.2) is 34.9 Å². The molecule has 1 amide bonds. The van der Waals surface area contributed by atoms with Crippen LogP contribution in [0.25, 0.3) is 0 Å². The third kappa shape index (κ3) is 5.43. The molecule has 0 aliphatic heterocycles. The van der Waals surface area contributed by atoms with E-state index in [4.69, 9.17) is 32.4 Å². The van der Waals surface area contributed by atoms with Crippen LogP contribution in [-0.2, 0) is 19.7 Å². The standard InChI is InChI=1S/C23H27Cl2N3O3/c1-6-28-11-19(25)20(26-28)12-27(5)23(29)21-8-7-16(31-21)13-30-22-9-15(4)18(24)10-17(22)14(2)3/h7-11,14H,6,12-13H2,1-5H3. The summed E-state index contributed by atoms with van der Waals surface area (Å²) in [5, 5.41) is 5.63. The lowest BCUT2D eigenvalue weighted by atomic mass is 10.0. The molecule has 0 radical (unpaired) electrons. The zero-order chi connectivity index (χ0) is 22.7. The van der Waals surface area contributed by atoms with Gasteiger partial charge in [0.15, 0.2) is 5.76 Å². The van der Waals surface area contributed by atoms with Crippen molar-refractivity contribution in [1.82, 2.24) is 14.7 Å². The highest BCUT2D eigenvalue weighted by molar-refractivity contribution is 6.31. The van der Waals surface area contributed by atoms with Gasteiger partial charge >= 0.3 is 0 Å². The van der Waals surface area contributed by atoms with E-state index < -0.39 is 0 Å². The largest absolute Gasteiger partial charge is 0.485 e. The third-order valence-corrected chi connectivity index (χ3v) is 5.72. The van der Waals surface area contributed by atoms with Crippen molar-refractivity contribution in [2.45, 2.75) is 53.3 Å². The summed E-state index contributed by atoms with van der Waals surface area (Å²) >= 11 is 12.5. The number of furan rings is 1. The molecular formula is C23H27Cl2N3O3. The highest BCUT2D eigenvalue weighted by Gasteiger charge is 2.19. The monoisotopic (exact) mass is 463 g/mol. The molecule has 0 fully saturated rings. The molecule has 0 unspecified atom stereocenters. The number of nitrogens with zero attached hydrogens (tertiary/aromatic N) is 3. The van der Waals surface area contributed by atoms with Crippen molar-refractivity contribution in [1.29, 1.82) is 0 Å². The van der Waals surface area contributed by atoms with Gasteiger partial charge in [0.05, 0.1) is 11.6 Å². The summed E-state index contributed by atoms with van der Waals surface area (Å²) in [5.74, 6) is 1.58. The normalized spacial score (nSPS) is 11.2. The molecule has 0 bridgehead atoms. The smallest absolute Gasteiger partial charge is 0.289 e. The lowest BCUT2D eigenvalue weighted by Gasteiger charge is -2.16. The number of hydrogen-bond acceptors (Lipinski definition) is 4. The van der Waals surface area contributed by atoms with Crippen LogP contribution in [0, 0.1) is 6.92 Å². The summed E-state index contributed by atoms with van der Waals surface area (Å²) in [4.78, 5) is 14.3. The Kier molecular flexibility index (Phi) is 7.34. The minimum absolute atomic E-state index is 0.213. The number of ether oxygens (including phenoxy) is 1. The Balaban J connectivity index is 1.67. The second-order valence-corrected chi connectivity index (χ2v) is 8.60. The van der Waals surface area contributed by atoms with Crippen LogP contribution in [0.1, 0.15) is 59.8 Å². The lowest BCUT2D eigenvalue weighted by molar-refractivity contribution is 0.0747. The van der Waals surface area contributed by atoms with E-state index in [0.29, 0.717) is 34.6 Å². The second-order valence-electron chi connectivity index (χ2n) is 7.79. The van der Waals surface area contributed by atoms with E-state index in [1.54, 1.807) is 30.1 Å². The van der Waals surface area contributed by atoms with Gasteiger partial charge in [-0.05, 0) is 55.2 Å². The number of benzene rings is 1. The second kappa shape index (κ2) is 9.79. The minimum atomic E-state index is -0.251. The van der Waals surface area contributed by atoms with Gasteiger partial charge in [0, 0.05) is 24.8 Å². The van der Waals surface area contributed by atoms with Crippen molar-refractivity contribution in [3.63, 3.8) is 0 Å². The van der Waals surface area contributed by atoms with E-state index >= 15 is 0 Å². The maximum atomic E-state index is 12.7. The third-order valence-electron chi connectivity index (χ3n) is 5.00. The van der Waals surface area contributed by atoms with Gasteiger partial charge in [-0.25, -0.2) is 0 Å². The first-order valence-corrected chi connectivity index (χ1v) is 10.9. The number of hydrogen-bond donors (Lipinski definition) is 0. The molecule has 1 aromatic carbocycles. The number of amides is 1. The molecule has 3 rings (SSSR count). The van der Waals surface area contributed by atoms with Gasteiger partial charge in [0.2, 0.25) is 0 Å². The molecule has 3 aromatic rings. The molecule has 31 heavy (non-hydrogen) atoms. The maximum absolute atomic E-state index is 12.7. The molecule has 0 saturated heterocycles. The highest BCUT2D eigenvalue weighted by atomic mass is 35.5. The van der Waals surface area contributed by atoms with E-state index in [1.807, 2.05) is 26.0 Å². The molecule has 0 atom stereocenters. The fourth-order valence-corrected chi connectivity index (χ4v) is 3.54. The van der Waals surface area contributed by atoms with Crippen LogP contribution in [0.4, 0.5) is 0 Å². The number of aryl methyl sites for hydroxylation is 2. The average molecular weight is 464 g/mol. The van der Waals surface area contributed by atoms with E-state index in [0.717, 1.165) is 16.9 Å². The summed E-state index contributed by atoms with van der Waals surface area (Å²) in [6, 6.07) is 7.27. The molecule has 0 spiro atoms. The van der Waals surface area contributed by atoms with E-state index in [-0.39, 0.29) is 24.2 Å². The van der Waals surface area contributed by atoms with Crippen LogP contribution in [0.3, 0.4) is 0 Å². The van der Waals surface area contributed by atoms with Gasteiger partial charge in [0.1, 0.15) is 23.8 Å². The Morgan fingerprint density at radius 3 is 2.65 bits per heavy atom. The van der Waals surface area contributed by atoms with Gasteiger partial charge < -0.3 is 14.1 Å². The quantitative estimate of drug-likeness (QED) is 0.405. The number of carbonyl (C=O) groups is 1. The van der Waals surface area contributed by atoms with E-state index in [2.05, 4.69) is 18.9 Å². The van der Waals surface area contributed by atoms with Crippen LogP contribution in [0.5, 0.6) is 5.75 Å². The van der Waals surface area contributed by atoms with Gasteiger partial charge in [-0.1, -0.05) is 37.0 Å². The SMILES string of the molecule is CCn1cc(Cl)c(CN(C)C(=O)c2ccc(COc3cc(C)c(Cl)cc3C(C)C)o2)n1. The van der Waals surface area contributed by atoms with Crippen LogP contribution >= 0.6 is 23.2 Å². The molecular weight excluding hydrogens is 437 g/mol. The first-order chi connectivity index (χ1) is 14.7. The lowest BCUT2D eigenvalue weighted by Crippen LogP contribution is -2.26. The number of rotatable bonds is 8. The molecule has 0 N–H and O–H groups in total. The predicted molar refractivity (Wildman–Crippen MR) is 122 cm³/mol. The zero-order valence-electron chi connectivity index (χ0n) is 18.4. The van der Waals surface area contributed by atoms with Crippen molar-refractivity contribution in [2.24, 2.45) is 0 Å². The van der Waals surface area contributed by atoms with Gasteiger partial charge in [-0.3, -0.25) is 9.48 Å². The van der Waals surface area contributed by atoms with Crippen LogP contribution in [0.2, 0.25) is 10.0 Å². The van der Waals surface area contributed by atoms with Gasteiger partial charge in [-0.15, -0.1) is 0 Å². The molecule has 2 heterocycles. The Labute approximate surface area is 192 Å². The fourth-order valence-electron chi connectivity index (χ4n) is 3.16. The molecule has 166 valence electrons. The van der Waals surface area contributed by atoms with Crippen molar-refractivity contribution in [3.05, 3.63) is 68.8 Å². The number of carbonyl (C=O) groups excluding carboxylic acids is 1. The number of aromatic nitrogens is 2. The molecule has 0 aliphatic carbocycles. The Bertz CT molecular complexity index is 1070. The van der Waals surface area contributed by atoms with Crippen molar-refractivity contribution < 1.29 is 13.9 Å². The summed E-state index contributed by atoms with van der Waals surface area (Å²) in [6.45, 7) is 9.30. The molecule has 6 nitrogen and oxygen atoms in total. The van der Waals surface area contributed by atoms with Gasteiger partial charge in [0.25, 0.3) is 5.91 Å². The first-order valence-electron chi connectivity index (χ1n) is 10.2. The number of halogens is 2. The van der Waals surface area contributed by atoms with Gasteiger partial charge in [-0.2, -0.15) is 5.10 Å². The average Bonchev–Trinajstić information content (AvgIpc) is 3.34. The zero-order valence-corrected chi connectivity index (χ0v) is 19.9. The Morgan fingerprint density at radius 1 is 1.26 bits per heavy atom. The maximum Gasteiger partial charge on any atom is 0.289 e. The fraction of sp³-hybridized carbons (Fsp3) is 0.391. The predicted octanol–water partition coefficient (Wildman–Crippen LogP) is 6.09. The first kappa shape index (κ1) is 23.2. The Morgan fingerprint density at radius 2 is 2.00 bits per heavy atom. The highest BCUT2D eigenvalue weighted by Crippen LogP contribution is 2.32. The molecule has 8 heteroatoms. The Hall–Kier alpha value is -2.44. The van der Waals surface area contributed by atoms with E-state index in [9.17, 15) is 4.79 Å². The van der Waals surface area contributed by atoms with E-state index in [1.165, 1.54) is 4.90 Å².